The lowest BCUT2D eigenvalue weighted by atomic mass is 10.2. The van der Waals surface area contributed by atoms with E-state index >= 15 is 0 Å². The fraction of sp³-hybridized carbons (Fsp3) is 0.562. The molecular formula is C16H26FN3. The molecule has 112 valence electrons. The number of hydrogen-bond acceptors (Lipinski definition) is 3. The Morgan fingerprint density at radius 1 is 1.50 bits per heavy atom. The molecule has 20 heavy (non-hydrogen) atoms. The number of pyridine rings is 1. The number of nitrogens with one attached hydrogen (secondary N) is 1. The van der Waals surface area contributed by atoms with Crippen LogP contribution in [0.2, 0.25) is 0 Å². The maximum atomic E-state index is 13.4. The molecular weight excluding hydrogens is 253 g/mol. The Bertz CT molecular complexity index is 443. The van der Waals surface area contributed by atoms with E-state index in [9.17, 15) is 4.39 Å². The van der Waals surface area contributed by atoms with Crippen molar-refractivity contribution in [3.63, 3.8) is 0 Å². The van der Waals surface area contributed by atoms with Gasteiger partial charge >= 0.3 is 0 Å². The van der Waals surface area contributed by atoms with Gasteiger partial charge in [0.25, 0.3) is 0 Å². The molecule has 1 heterocycles. The van der Waals surface area contributed by atoms with Gasteiger partial charge in [-0.1, -0.05) is 26.0 Å². The Balaban J connectivity index is 2.90. The first kappa shape index (κ1) is 16.6. The van der Waals surface area contributed by atoms with Crippen LogP contribution in [0.5, 0.6) is 0 Å². The van der Waals surface area contributed by atoms with Crippen molar-refractivity contribution < 1.29 is 4.39 Å². The van der Waals surface area contributed by atoms with Crippen LogP contribution in [-0.4, -0.2) is 24.6 Å². The molecule has 0 aliphatic heterocycles. The van der Waals surface area contributed by atoms with E-state index in [0.717, 1.165) is 36.6 Å². The van der Waals surface area contributed by atoms with Crippen molar-refractivity contribution in [3.05, 3.63) is 35.8 Å². The summed E-state index contributed by atoms with van der Waals surface area (Å²) in [6.45, 7) is 15.4. The zero-order valence-electron chi connectivity index (χ0n) is 13.0. The van der Waals surface area contributed by atoms with Crippen molar-refractivity contribution in [2.45, 2.75) is 34.2 Å². The van der Waals surface area contributed by atoms with Crippen molar-refractivity contribution in [2.24, 2.45) is 5.92 Å². The zero-order valence-corrected chi connectivity index (χ0v) is 13.0. The van der Waals surface area contributed by atoms with Crippen molar-refractivity contribution in [2.75, 3.05) is 24.5 Å². The predicted molar refractivity (Wildman–Crippen MR) is 83.4 cm³/mol. The maximum absolute atomic E-state index is 13.4. The molecule has 0 radical (unpaired) electrons. The predicted octanol–water partition coefficient (Wildman–Crippen LogP) is 3.37. The molecule has 0 unspecified atom stereocenters. The first-order valence-corrected chi connectivity index (χ1v) is 7.18. The molecule has 0 aliphatic carbocycles. The second-order valence-corrected chi connectivity index (χ2v) is 5.63. The molecule has 1 aromatic heterocycles. The summed E-state index contributed by atoms with van der Waals surface area (Å²) in [4.78, 5) is 6.39. The zero-order chi connectivity index (χ0) is 15.1. The van der Waals surface area contributed by atoms with Gasteiger partial charge in [-0.3, -0.25) is 0 Å². The van der Waals surface area contributed by atoms with Gasteiger partial charge in [0.1, 0.15) is 11.6 Å². The third-order valence-electron chi connectivity index (χ3n) is 2.92. The summed E-state index contributed by atoms with van der Waals surface area (Å²) >= 11 is 0. The van der Waals surface area contributed by atoms with Gasteiger partial charge < -0.3 is 10.2 Å². The third-order valence-corrected chi connectivity index (χ3v) is 2.92. The van der Waals surface area contributed by atoms with E-state index in [0.29, 0.717) is 12.5 Å². The lowest BCUT2D eigenvalue weighted by molar-refractivity contribution is 0.548. The van der Waals surface area contributed by atoms with Gasteiger partial charge in [-0.2, -0.15) is 0 Å². The van der Waals surface area contributed by atoms with E-state index in [1.807, 2.05) is 6.92 Å². The van der Waals surface area contributed by atoms with Crippen LogP contribution in [-0.2, 0) is 6.54 Å². The van der Waals surface area contributed by atoms with Gasteiger partial charge in [-0.05, 0) is 32.4 Å². The number of nitrogens with zero attached hydrogens (tertiary/aromatic N) is 2. The van der Waals surface area contributed by atoms with Crippen LogP contribution in [0.3, 0.4) is 0 Å². The monoisotopic (exact) mass is 279 g/mol. The molecule has 1 rings (SSSR count). The second-order valence-electron chi connectivity index (χ2n) is 5.63. The molecule has 0 spiro atoms. The standard InChI is InChI=1S/C16H26FN3/c1-6-20(11-13(4)5)16-14(7-15(17)10-19-16)9-18-8-12(2)3/h7,10,12,18H,4,6,8-9,11H2,1-3,5H3. The smallest absolute Gasteiger partial charge is 0.141 e. The Morgan fingerprint density at radius 3 is 2.75 bits per heavy atom. The van der Waals surface area contributed by atoms with Gasteiger partial charge in [-0.15, -0.1) is 0 Å². The molecule has 0 aromatic carbocycles. The Labute approximate surface area is 121 Å². The molecule has 0 fully saturated rings. The molecule has 3 nitrogen and oxygen atoms in total. The van der Waals surface area contributed by atoms with E-state index < -0.39 is 0 Å². The van der Waals surface area contributed by atoms with E-state index in [1.165, 1.54) is 6.20 Å². The maximum Gasteiger partial charge on any atom is 0.141 e. The minimum Gasteiger partial charge on any atom is -0.353 e. The fourth-order valence-electron chi connectivity index (χ4n) is 2.05. The highest BCUT2D eigenvalue weighted by Crippen LogP contribution is 2.19. The lowest BCUT2D eigenvalue weighted by Gasteiger charge is -2.25. The van der Waals surface area contributed by atoms with Crippen molar-refractivity contribution in [3.8, 4) is 0 Å². The topological polar surface area (TPSA) is 28.2 Å². The number of halogens is 1. The summed E-state index contributed by atoms with van der Waals surface area (Å²) in [7, 11) is 0. The van der Waals surface area contributed by atoms with Gasteiger partial charge in [0.05, 0.1) is 6.20 Å². The molecule has 0 bridgehead atoms. The molecule has 0 atom stereocenters. The number of aromatic nitrogens is 1. The van der Waals surface area contributed by atoms with Crippen LogP contribution in [0.25, 0.3) is 0 Å². The largest absolute Gasteiger partial charge is 0.353 e. The van der Waals surface area contributed by atoms with Gasteiger partial charge in [-0.25, -0.2) is 9.37 Å². The van der Waals surface area contributed by atoms with Gasteiger partial charge in [0, 0.05) is 25.2 Å². The van der Waals surface area contributed by atoms with Crippen molar-refractivity contribution in [1.82, 2.24) is 10.3 Å². The SMILES string of the molecule is C=C(C)CN(CC)c1ncc(F)cc1CNCC(C)C. The molecule has 4 heteroatoms. The number of rotatable bonds is 8. The van der Waals surface area contributed by atoms with Gasteiger partial charge in [0.2, 0.25) is 0 Å². The summed E-state index contributed by atoms with van der Waals surface area (Å²) in [6.07, 6.45) is 1.28. The molecule has 0 saturated carbocycles. The number of hydrogen-bond donors (Lipinski definition) is 1. The lowest BCUT2D eigenvalue weighted by Crippen LogP contribution is -2.28. The quantitative estimate of drug-likeness (QED) is 0.740. The molecule has 0 saturated heterocycles. The first-order chi connectivity index (χ1) is 9.43. The molecule has 0 amide bonds. The van der Waals surface area contributed by atoms with E-state index in [4.69, 9.17) is 0 Å². The highest BCUT2D eigenvalue weighted by Gasteiger charge is 2.12. The summed E-state index contributed by atoms with van der Waals surface area (Å²) in [5.74, 6) is 1.12. The summed E-state index contributed by atoms with van der Waals surface area (Å²) in [6, 6.07) is 1.57. The van der Waals surface area contributed by atoms with E-state index in [-0.39, 0.29) is 5.82 Å². The Kier molecular flexibility index (Phi) is 6.65. The van der Waals surface area contributed by atoms with Crippen LogP contribution in [0, 0.1) is 11.7 Å². The van der Waals surface area contributed by atoms with Crippen LogP contribution in [0.4, 0.5) is 10.2 Å². The normalized spacial score (nSPS) is 10.9. The van der Waals surface area contributed by atoms with Crippen molar-refractivity contribution >= 4 is 5.82 Å². The molecule has 0 aliphatic rings. The van der Waals surface area contributed by atoms with Crippen LogP contribution < -0.4 is 10.2 Å². The highest BCUT2D eigenvalue weighted by atomic mass is 19.1. The average molecular weight is 279 g/mol. The molecule has 1 N–H and O–H groups in total. The number of anilines is 1. The van der Waals surface area contributed by atoms with Crippen LogP contribution >= 0.6 is 0 Å². The summed E-state index contributed by atoms with van der Waals surface area (Å²) in [5.41, 5.74) is 1.97. The van der Waals surface area contributed by atoms with Crippen molar-refractivity contribution in [1.29, 1.82) is 0 Å². The minimum absolute atomic E-state index is 0.290. The highest BCUT2D eigenvalue weighted by molar-refractivity contribution is 5.47. The second kappa shape index (κ2) is 8.00. The Hall–Kier alpha value is -1.42. The Morgan fingerprint density at radius 2 is 2.20 bits per heavy atom. The minimum atomic E-state index is -0.290. The van der Waals surface area contributed by atoms with Crippen LogP contribution in [0.15, 0.2) is 24.4 Å². The average Bonchev–Trinajstić information content (AvgIpc) is 2.36. The summed E-state index contributed by atoms with van der Waals surface area (Å²) < 4.78 is 13.4. The number of likely N-dealkylation sites (N-methyl/N-ethyl adjacent to an activating group) is 1. The van der Waals surface area contributed by atoms with Gasteiger partial charge in [0.15, 0.2) is 0 Å². The summed E-state index contributed by atoms with van der Waals surface area (Å²) in [5, 5.41) is 3.35. The first-order valence-electron chi connectivity index (χ1n) is 7.18. The van der Waals surface area contributed by atoms with Crippen LogP contribution in [0.1, 0.15) is 33.3 Å². The molecule has 1 aromatic rings. The van der Waals surface area contributed by atoms with E-state index in [2.05, 4.69) is 42.6 Å². The fourth-order valence-corrected chi connectivity index (χ4v) is 2.05. The third kappa shape index (κ3) is 5.29. The van der Waals surface area contributed by atoms with E-state index in [1.54, 1.807) is 6.07 Å².